The molecule has 19 heavy (non-hydrogen) atoms. The number of aromatic nitrogens is 1. The Bertz CT molecular complexity index is 525. The zero-order chi connectivity index (χ0) is 13.9. The van der Waals surface area contributed by atoms with Crippen molar-refractivity contribution in [2.45, 2.75) is 45.4 Å². The molecule has 2 aliphatic rings. The number of ether oxygens (including phenoxy) is 1. The predicted octanol–water partition coefficient (Wildman–Crippen LogP) is 2.08. The molecule has 0 radical (unpaired) electrons. The molecule has 0 saturated carbocycles. The summed E-state index contributed by atoms with van der Waals surface area (Å²) in [7, 11) is 2.05. The van der Waals surface area contributed by atoms with Gasteiger partial charge in [0.15, 0.2) is 5.75 Å². The van der Waals surface area contributed by atoms with Gasteiger partial charge < -0.3 is 14.9 Å². The molecule has 0 unspecified atom stereocenters. The van der Waals surface area contributed by atoms with Crippen LogP contribution < -0.4 is 4.74 Å². The minimum atomic E-state index is -0.362. The summed E-state index contributed by atoms with van der Waals surface area (Å²) in [5, 5.41) is 20.6. The van der Waals surface area contributed by atoms with Gasteiger partial charge in [-0.2, -0.15) is 0 Å². The molecule has 3 rings (SSSR count). The SMILES string of the molecule is CCn1c(O)c2c(c1O)[C@@H]1N(C)C[C@@H](C)C[C@]1(C)O2. The van der Waals surface area contributed by atoms with Crippen LogP contribution in [-0.4, -0.2) is 38.9 Å². The van der Waals surface area contributed by atoms with E-state index in [1.54, 1.807) is 0 Å². The van der Waals surface area contributed by atoms with Gasteiger partial charge in [0.1, 0.15) is 5.60 Å². The van der Waals surface area contributed by atoms with Gasteiger partial charge in [-0.25, -0.2) is 0 Å². The van der Waals surface area contributed by atoms with Crippen LogP contribution in [0.25, 0.3) is 0 Å². The van der Waals surface area contributed by atoms with Crippen molar-refractivity contribution in [2.75, 3.05) is 13.6 Å². The number of hydrogen-bond acceptors (Lipinski definition) is 4. The summed E-state index contributed by atoms with van der Waals surface area (Å²) in [5.74, 6) is 1.20. The van der Waals surface area contributed by atoms with E-state index < -0.39 is 0 Å². The van der Waals surface area contributed by atoms with Gasteiger partial charge in [-0.05, 0) is 33.2 Å². The maximum Gasteiger partial charge on any atom is 0.238 e. The first-order chi connectivity index (χ1) is 8.89. The molecule has 0 aromatic carbocycles. The second-order valence-corrected chi connectivity index (χ2v) is 6.20. The molecule has 0 bridgehead atoms. The molecule has 0 spiro atoms. The van der Waals surface area contributed by atoms with Gasteiger partial charge in [0.2, 0.25) is 11.8 Å². The first-order valence-corrected chi connectivity index (χ1v) is 6.92. The normalized spacial score (nSPS) is 33.9. The third-order valence-corrected chi connectivity index (χ3v) is 4.50. The van der Waals surface area contributed by atoms with Crippen LogP contribution in [0.15, 0.2) is 0 Å². The summed E-state index contributed by atoms with van der Waals surface area (Å²) in [4.78, 5) is 2.22. The molecule has 0 amide bonds. The molecular weight excluding hydrogens is 244 g/mol. The van der Waals surface area contributed by atoms with Crippen LogP contribution in [0.4, 0.5) is 0 Å². The Morgan fingerprint density at radius 1 is 1.37 bits per heavy atom. The molecule has 106 valence electrons. The van der Waals surface area contributed by atoms with Crippen LogP contribution in [-0.2, 0) is 6.54 Å². The Balaban J connectivity index is 2.13. The van der Waals surface area contributed by atoms with Crippen molar-refractivity contribution in [1.29, 1.82) is 0 Å². The highest BCUT2D eigenvalue weighted by Gasteiger charge is 2.54. The fourth-order valence-corrected chi connectivity index (χ4v) is 4.02. The Kier molecular flexibility index (Phi) is 2.55. The standard InChI is InChI=1S/C14H22N2O3/c1-5-16-12(17)9-10(13(16)18)19-14(3)6-8(2)7-15(4)11(9)14/h8,11,17-18H,5-7H2,1-4H3/t8-,11-,14-/m0/s1. The topological polar surface area (TPSA) is 57.9 Å². The highest BCUT2D eigenvalue weighted by Crippen LogP contribution is 2.58. The second kappa shape index (κ2) is 3.82. The summed E-state index contributed by atoms with van der Waals surface area (Å²) < 4.78 is 7.56. The lowest BCUT2D eigenvalue weighted by atomic mass is 9.80. The number of likely N-dealkylation sites (tertiary alicyclic amines) is 1. The Morgan fingerprint density at radius 3 is 2.68 bits per heavy atom. The lowest BCUT2D eigenvalue weighted by Gasteiger charge is -2.44. The quantitative estimate of drug-likeness (QED) is 0.817. The number of piperidine rings is 1. The average Bonchev–Trinajstić information content (AvgIpc) is 2.72. The molecule has 1 aromatic heterocycles. The van der Waals surface area contributed by atoms with Crippen LogP contribution >= 0.6 is 0 Å². The first kappa shape index (κ1) is 12.7. The van der Waals surface area contributed by atoms with Crippen LogP contribution in [0.1, 0.15) is 38.8 Å². The van der Waals surface area contributed by atoms with Gasteiger partial charge in [-0.1, -0.05) is 6.92 Å². The molecule has 5 heteroatoms. The van der Waals surface area contributed by atoms with E-state index in [1.807, 2.05) is 6.92 Å². The van der Waals surface area contributed by atoms with Crippen molar-refractivity contribution in [3.63, 3.8) is 0 Å². The Morgan fingerprint density at radius 2 is 2.05 bits per heavy atom. The molecule has 2 aliphatic heterocycles. The highest BCUT2D eigenvalue weighted by atomic mass is 16.5. The largest absolute Gasteiger partial charge is 0.494 e. The fraction of sp³-hybridized carbons (Fsp3) is 0.714. The van der Waals surface area contributed by atoms with Crippen molar-refractivity contribution in [3.8, 4) is 17.5 Å². The molecule has 0 aliphatic carbocycles. The Labute approximate surface area is 113 Å². The number of hydrogen-bond donors (Lipinski definition) is 2. The molecule has 3 heterocycles. The van der Waals surface area contributed by atoms with Crippen molar-refractivity contribution in [3.05, 3.63) is 5.56 Å². The number of likely N-dealkylation sites (N-methyl/N-ethyl adjacent to an activating group) is 1. The minimum Gasteiger partial charge on any atom is -0.494 e. The van der Waals surface area contributed by atoms with Crippen LogP contribution in [0.5, 0.6) is 17.5 Å². The second-order valence-electron chi connectivity index (χ2n) is 6.20. The van der Waals surface area contributed by atoms with Crippen molar-refractivity contribution >= 4 is 0 Å². The van der Waals surface area contributed by atoms with Gasteiger partial charge in [0, 0.05) is 13.1 Å². The van der Waals surface area contributed by atoms with Crippen LogP contribution in [0.2, 0.25) is 0 Å². The zero-order valence-corrected chi connectivity index (χ0v) is 12.0. The summed E-state index contributed by atoms with van der Waals surface area (Å²) in [6.45, 7) is 7.66. The fourth-order valence-electron chi connectivity index (χ4n) is 4.02. The molecule has 2 N–H and O–H groups in total. The van der Waals surface area contributed by atoms with E-state index in [0.29, 0.717) is 18.2 Å². The van der Waals surface area contributed by atoms with E-state index in [0.717, 1.165) is 18.5 Å². The van der Waals surface area contributed by atoms with E-state index in [2.05, 4.69) is 25.8 Å². The zero-order valence-electron chi connectivity index (χ0n) is 12.0. The van der Waals surface area contributed by atoms with E-state index in [4.69, 9.17) is 4.74 Å². The highest BCUT2D eigenvalue weighted by molar-refractivity contribution is 5.57. The van der Waals surface area contributed by atoms with Gasteiger partial charge in [0.25, 0.3) is 0 Å². The molecule has 1 fully saturated rings. The van der Waals surface area contributed by atoms with Gasteiger partial charge in [0.05, 0.1) is 11.6 Å². The number of fused-ring (bicyclic) bond motifs is 3. The van der Waals surface area contributed by atoms with Gasteiger partial charge in [-0.15, -0.1) is 0 Å². The predicted molar refractivity (Wildman–Crippen MR) is 71.6 cm³/mol. The molecule has 1 saturated heterocycles. The summed E-state index contributed by atoms with van der Waals surface area (Å²) in [6, 6.07) is 0.0115. The molecule has 1 aromatic rings. The molecular formula is C14H22N2O3. The average molecular weight is 266 g/mol. The van der Waals surface area contributed by atoms with E-state index in [9.17, 15) is 10.2 Å². The van der Waals surface area contributed by atoms with Crippen molar-refractivity contribution < 1.29 is 14.9 Å². The number of aromatic hydroxyl groups is 2. The number of nitrogens with zero attached hydrogens (tertiary/aromatic N) is 2. The third-order valence-electron chi connectivity index (χ3n) is 4.50. The lowest BCUT2D eigenvalue weighted by molar-refractivity contribution is -0.0370. The van der Waals surface area contributed by atoms with Gasteiger partial charge >= 0.3 is 0 Å². The van der Waals surface area contributed by atoms with E-state index >= 15 is 0 Å². The van der Waals surface area contributed by atoms with Crippen LogP contribution in [0, 0.1) is 5.92 Å². The lowest BCUT2D eigenvalue weighted by Crippen LogP contribution is -2.50. The monoisotopic (exact) mass is 266 g/mol. The molecule has 5 nitrogen and oxygen atoms in total. The van der Waals surface area contributed by atoms with Crippen LogP contribution in [0.3, 0.4) is 0 Å². The molecule has 3 atom stereocenters. The minimum absolute atomic E-state index is 0.0115. The van der Waals surface area contributed by atoms with Crippen molar-refractivity contribution in [1.82, 2.24) is 9.47 Å². The summed E-state index contributed by atoms with van der Waals surface area (Å²) in [6.07, 6.45) is 0.932. The van der Waals surface area contributed by atoms with E-state index in [-0.39, 0.29) is 23.4 Å². The van der Waals surface area contributed by atoms with E-state index in [1.165, 1.54) is 4.57 Å². The van der Waals surface area contributed by atoms with Gasteiger partial charge in [-0.3, -0.25) is 9.47 Å². The smallest absolute Gasteiger partial charge is 0.238 e. The third kappa shape index (κ3) is 1.51. The maximum atomic E-state index is 10.4. The first-order valence-electron chi connectivity index (χ1n) is 6.92. The summed E-state index contributed by atoms with van der Waals surface area (Å²) in [5.41, 5.74) is 0.384. The maximum absolute atomic E-state index is 10.4. The summed E-state index contributed by atoms with van der Waals surface area (Å²) >= 11 is 0. The Hall–Kier alpha value is -1.36. The van der Waals surface area contributed by atoms with Crippen molar-refractivity contribution in [2.24, 2.45) is 5.92 Å². The number of rotatable bonds is 1.